The van der Waals surface area contributed by atoms with Crippen LogP contribution in [0.4, 0.5) is 0 Å². The lowest BCUT2D eigenvalue weighted by Gasteiger charge is -1.92. The van der Waals surface area contributed by atoms with Gasteiger partial charge >= 0.3 is 0 Å². The highest BCUT2D eigenvalue weighted by atomic mass is 32.1. The number of nitrogens with one attached hydrogen (secondary N) is 1. The topological polar surface area (TPSA) is 24.4 Å². The zero-order valence-corrected chi connectivity index (χ0v) is 5.37. The van der Waals surface area contributed by atoms with Crippen LogP contribution in [0.1, 0.15) is 6.42 Å². The van der Waals surface area contributed by atoms with Gasteiger partial charge in [0.05, 0.1) is 11.2 Å². The maximum absolute atomic E-state index is 4.44. The maximum atomic E-state index is 4.44. The van der Waals surface area contributed by atoms with Crippen LogP contribution in [0.15, 0.2) is 4.99 Å². The average Bonchev–Trinajstić information content (AvgIpc) is 2.19. The van der Waals surface area contributed by atoms with Crippen LogP contribution in [0.3, 0.4) is 0 Å². The van der Waals surface area contributed by atoms with Crippen molar-refractivity contribution in [2.75, 3.05) is 13.1 Å². The van der Waals surface area contributed by atoms with E-state index in [1.165, 1.54) is 0 Å². The number of rotatable bonds is 1. The Bertz CT molecular complexity index is 112. The lowest BCUT2D eigenvalue weighted by atomic mass is 10.3. The van der Waals surface area contributed by atoms with Gasteiger partial charge in [0.2, 0.25) is 0 Å². The van der Waals surface area contributed by atoms with Gasteiger partial charge in [-0.2, -0.15) is 0 Å². The molecule has 1 aliphatic heterocycles. The van der Waals surface area contributed by atoms with Crippen LogP contribution in [0.25, 0.3) is 0 Å². The van der Waals surface area contributed by atoms with Crippen LogP contribution in [-0.4, -0.2) is 24.3 Å². The molecule has 0 aliphatic carbocycles. The van der Waals surface area contributed by atoms with Crippen molar-refractivity contribution in [3.05, 3.63) is 0 Å². The minimum atomic E-state index is 0.410. The standard InChI is InChI=1S/C5H8N2S/c8-4-7-5-1-2-6-3-5/h5-6H,1-3H2. The van der Waals surface area contributed by atoms with Gasteiger partial charge in [0.1, 0.15) is 0 Å². The number of thiocarbonyl (C=S) groups is 1. The first-order valence-corrected chi connectivity index (χ1v) is 3.12. The molecule has 1 rings (SSSR count). The second kappa shape index (κ2) is 2.92. The summed E-state index contributed by atoms with van der Waals surface area (Å²) in [5.74, 6) is 0. The number of hydrogen-bond acceptors (Lipinski definition) is 3. The smallest absolute Gasteiger partial charge is 0.0739 e. The molecule has 0 bridgehead atoms. The van der Waals surface area contributed by atoms with Crippen molar-refractivity contribution in [3.8, 4) is 0 Å². The third-order valence-electron chi connectivity index (χ3n) is 1.27. The van der Waals surface area contributed by atoms with Crippen LogP contribution in [-0.2, 0) is 0 Å². The Morgan fingerprint density at radius 2 is 2.62 bits per heavy atom. The lowest BCUT2D eigenvalue weighted by Crippen LogP contribution is -2.10. The molecule has 3 heteroatoms. The van der Waals surface area contributed by atoms with E-state index in [0.717, 1.165) is 19.5 Å². The molecule has 1 saturated heterocycles. The average molecular weight is 128 g/mol. The highest BCUT2D eigenvalue weighted by Crippen LogP contribution is 1.99. The molecule has 1 atom stereocenters. The van der Waals surface area contributed by atoms with E-state index in [0.29, 0.717) is 6.04 Å². The maximum Gasteiger partial charge on any atom is 0.0739 e. The highest BCUT2D eigenvalue weighted by molar-refractivity contribution is 7.78. The summed E-state index contributed by atoms with van der Waals surface area (Å²) >= 11 is 4.44. The van der Waals surface area contributed by atoms with Crippen molar-refractivity contribution in [1.82, 2.24) is 5.32 Å². The van der Waals surface area contributed by atoms with Gasteiger partial charge in [0, 0.05) is 6.54 Å². The van der Waals surface area contributed by atoms with E-state index < -0.39 is 0 Å². The fourth-order valence-corrected chi connectivity index (χ4v) is 0.973. The molecule has 8 heavy (non-hydrogen) atoms. The highest BCUT2D eigenvalue weighted by Gasteiger charge is 2.10. The molecule has 2 nitrogen and oxygen atoms in total. The first-order chi connectivity index (χ1) is 3.93. The normalized spacial score (nSPS) is 27.2. The quantitative estimate of drug-likeness (QED) is 0.409. The van der Waals surface area contributed by atoms with Gasteiger partial charge in [-0.15, -0.1) is 0 Å². The fraction of sp³-hybridized carbons (Fsp3) is 0.800. The Morgan fingerprint density at radius 3 is 3.12 bits per heavy atom. The first-order valence-electron chi connectivity index (χ1n) is 2.71. The predicted octanol–water partition coefficient (Wildman–Crippen LogP) is 0.451. The summed E-state index contributed by atoms with van der Waals surface area (Å²) in [4.78, 5) is 3.93. The van der Waals surface area contributed by atoms with Gasteiger partial charge in [-0.3, -0.25) is 0 Å². The molecule has 1 N–H and O–H groups in total. The summed E-state index contributed by atoms with van der Waals surface area (Å²) in [6.45, 7) is 2.05. The molecule has 0 aromatic rings. The van der Waals surface area contributed by atoms with Crippen molar-refractivity contribution in [1.29, 1.82) is 0 Å². The third kappa shape index (κ3) is 1.37. The van der Waals surface area contributed by atoms with Gasteiger partial charge in [-0.05, 0) is 25.2 Å². The minimum absolute atomic E-state index is 0.410. The van der Waals surface area contributed by atoms with E-state index in [4.69, 9.17) is 0 Å². The summed E-state index contributed by atoms with van der Waals surface area (Å²) in [7, 11) is 0. The molecule has 0 radical (unpaired) electrons. The molecule has 44 valence electrons. The summed E-state index contributed by atoms with van der Waals surface area (Å²) in [5, 5.41) is 5.56. The molecule has 1 aliphatic rings. The molecular weight excluding hydrogens is 120 g/mol. The Hall–Kier alpha value is -0.240. The largest absolute Gasteiger partial charge is 0.314 e. The van der Waals surface area contributed by atoms with Crippen molar-refractivity contribution in [2.24, 2.45) is 4.99 Å². The van der Waals surface area contributed by atoms with E-state index in [-0.39, 0.29) is 0 Å². The Labute approximate surface area is 54.0 Å². The Morgan fingerprint density at radius 1 is 1.75 bits per heavy atom. The van der Waals surface area contributed by atoms with Gasteiger partial charge in [0.15, 0.2) is 0 Å². The summed E-state index contributed by atoms with van der Waals surface area (Å²) in [6, 6.07) is 0.410. The Balaban J connectivity index is 2.35. The van der Waals surface area contributed by atoms with Gasteiger partial charge in [0.25, 0.3) is 0 Å². The zero-order chi connectivity index (χ0) is 5.82. The second-order valence-corrected chi connectivity index (χ2v) is 2.05. The molecule has 0 aromatic carbocycles. The number of isothiocyanates is 1. The third-order valence-corrected chi connectivity index (χ3v) is 1.37. The number of hydrogen-bond donors (Lipinski definition) is 1. The van der Waals surface area contributed by atoms with E-state index in [9.17, 15) is 0 Å². The molecular formula is C5H8N2S. The SMILES string of the molecule is S=C=NC1CCNC1. The van der Waals surface area contributed by atoms with Crippen molar-refractivity contribution < 1.29 is 0 Å². The van der Waals surface area contributed by atoms with E-state index in [2.05, 4.69) is 27.7 Å². The van der Waals surface area contributed by atoms with Crippen LogP contribution < -0.4 is 5.32 Å². The number of nitrogens with zero attached hydrogens (tertiary/aromatic N) is 1. The molecule has 1 fully saturated rings. The van der Waals surface area contributed by atoms with Crippen molar-refractivity contribution in [2.45, 2.75) is 12.5 Å². The predicted molar refractivity (Wildman–Crippen MR) is 36.3 cm³/mol. The first kappa shape index (κ1) is 5.89. The molecule has 1 unspecified atom stereocenters. The lowest BCUT2D eigenvalue weighted by molar-refractivity contribution is 0.750. The monoisotopic (exact) mass is 128 g/mol. The van der Waals surface area contributed by atoms with Crippen molar-refractivity contribution >= 4 is 17.4 Å². The van der Waals surface area contributed by atoms with Crippen LogP contribution in [0, 0.1) is 0 Å². The zero-order valence-electron chi connectivity index (χ0n) is 4.55. The van der Waals surface area contributed by atoms with Crippen LogP contribution >= 0.6 is 12.2 Å². The van der Waals surface area contributed by atoms with E-state index in [1.54, 1.807) is 0 Å². The van der Waals surface area contributed by atoms with Gasteiger partial charge in [-0.25, -0.2) is 4.99 Å². The van der Waals surface area contributed by atoms with Gasteiger partial charge < -0.3 is 5.32 Å². The fourth-order valence-electron chi connectivity index (χ4n) is 0.824. The summed E-state index contributed by atoms with van der Waals surface area (Å²) in [5.41, 5.74) is 0. The Kier molecular flexibility index (Phi) is 2.15. The van der Waals surface area contributed by atoms with E-state index >= 15 is 0 Å². The molecule has 0 spiro atoms. The molecule has 0 aromatic heterocycles. The molecule has 0 saturated carbocycles. The van der Waals surface area contributed by atoms with Crippen LogP contribution in [0.2, 0.25) is 0 Å². The number of aliphatic imine (C=N–C) groups is 1. The van der Waals surface area contributed by atoms with Crippen LogP contribution in [0.5, 0.6) is 0 Å². The minimum Gasteiger partial charge on any atom is -0.314 e. The molecule has 0 amide bonds. The summed E-state index contributed by atoms with van der Waals surface area (Å²) in [6.07, 6.45) is 1.11. The summed E-state index contributed by atoms with van der Waals surface area (Å²) < 4.78 is 0. The van der Waals surface area contributed by atoms with Crippen molar-refractivity contribution in [3.63, 3.8) is 0 Å². The second-order valence-electron chi connectivity index (χ2n) is 1.87. The van der Waals surface area contributed by atoms with E-state index in [1.807, 2.05) is 0 Å². The van der Waals surface area contributed by atoms with Gasteiger partial charge in [-0.1, -0.05) is 0 Å². The molecule has 1 heterocycles.